The van der Waals surface area contributed by atoms with Crippen molar-refractivity contribution in [3.05, 3.63) is 25.3 Å². The lowest BCUT2D eigenvalue weighted by atomic mass is 9.68. The Balaban J connectivity index is 2.41. The van der Waals surface area contributed by atoms with E-state index in [9.17, 15) is 5.11 Å². The van der Waals surface area contributed by atoms with Crippen molar-refractivity contribution in [1.82, 2.24) is 4.90 Å². The van der Waals surface area contributed by atoms with Crippen LogP contribution in [0.3, 0.4) is 0 Å². The first kappa shape index (κ1) is 20.7. The summed E-state index contributed by atoms with van der Waals surface area (Å²) in [7, 11) is 0. The molecule has 1 saturated heterocycles. The number of hydrogen-bond acceptors (Lipinski definition) is 3. The van der Waals surface area contributed by atoms with Gasteiger partial charge in [-0.15, -0.1) is 13.2 Å². The molecule has 0 aromatic heterocycles. The molecule has 5 atom stereocenters. The molecule has 3 heteroatoms. The van der Waals surface area contributed by atoms with E-state index in [1.165, 1.54) is 12.8 Å². The van der Waals surface area contributed by atoms with Crippen LogP contribution in [0.15, 0.2) is 25.3 Å². The monoisotopic (exact) mass is 349 g/mol. The van der Waals surface area contributed by atoms with Gasteiger partial charge in [0.15, 0.2) is 0 Å². The Morgan fingerprint density at radius 2 is 1.96 bits per heavy atom. The van der Waals surface area contributed by atoms with E-state index in [1.807, 2.05) is 12.2 Å². The Morgan fingerprint density at radius 3 is 2.52 bits per heavy atom. The Hall–Kier alpha value is -0.640. The summed E-state index contributed by atoms with van der Waals surface area (Å²) < 4.78 is 6.68. The van der Waals surface area contributed by atoms with Crippen molar-refractivity contribution in [3.63, 3.8) is 0 Å². The third-order valence-electron chi connectivity index (χ3n) is 6.79. The minimum absolute atomic E-state index is 0.0149. The van der Waals surface area contributed by atoms with E-state index in [4.69, 9.17) is 4.74 Å². The summed E-state index contributed by atoms with van der Waals surface area (Å²) in [6.07, 6.45) is 8.81. The Morgan fingerprint density at radius 1 is 1.28 bits per heavy atom. The molecule has 0 bridgehead atoms. The van der Waals surface area contributed by atoms with E-state index in [1.54, 1.807) is 0 Å². The molecular formula is C22H39NO2. The number of allylic oxidation sites excluding steroid dienone is 1. The summed E-state index contributed by atoms with van der Waals surface area (Å²) in [6, 6.07) is 0. The molecule has 1 heterocycles. The molecule has 0 radical (unpaired) electrons. The molecule has 0 amide bonds. The van der Waals surface area contributed by atoms with E-state index in [0.717, 1.165) is 19.4 Å². The maximum absolute atomic E-state index is 11.7. The molecule has 0 aromatic rings. The summed E-state index contributed by atoms with van der Waals surface area (Å²) in [5.74, 6) is 1.32. The molecule has 0 spiro atoms. The van der Waals surface area contributed by atoms with Crippen LogP contribution in [0.4, 0.5) is 0 Å². The SMILES string of the molecule is C=CCC[C@](O)(C(C)C)[C@@H]1O[C@@H]2C[C@H](C)CC[C@H]2C(C)(C)N1CC=C. The molecule has 1 aliphatic heterocycles. The van der Waals surface area contributed by atoms with Gasteiger partial charge in [-0.05, 0) is 51.4 Å². The summed E-state index contributed by atoms with van der Waals surface area (Å²) in [5, 5.41) is 11.7. The van der Waals surface area contributed by atoms with Gasteiger partial charge in [0, 0.05) is 18.0 Å². The lowest BCUT2D eigenvalue weighted by Gasteiger charge is -2.60. The average molecular weight is 350 g/mol. The summed E-state index contributed by atoms with van der Waals surface area (Å²) in [4.78, 5) is 2.36. The van der Waals surface area contributed by atoms with Crippen LogP contribution in [0.2, 0.25) is 0 Å². The second-order valence-electron chi connectivity index (χ2n) is 9.12. The average Bonchev–Trinajstić information content (AvgIpc) is 2.54. The standard InChI is InChI=1S/C22H39NO2/c1-8-10-13-22(24,16(3)4)20-23(14-9-2)21(6,7)18-12-11-17(5)15-19(18)25-20/h8-9,16-20,24H,1-2,10-15H2,3-7H3/t17-,18-,19-,20+,22+/m1/s1. The highest BCUT2D eigenvalue weighted by Gasteiger charge is 2.56. The van der Waals surface area contributed by atoms with Crippen molar-refractivity contribution in [2.75, 3.05) is 6.54 Å². The van der Waals surface area contributed by atoms with Crippen LogP contribution < -0.4 is 0 Å². The molecule has 3 nitrogen and oxygen atoms in total. The summed E-state index contributed by atoms with van der Waals surface area (Å²) >= 11 is 0. The van der Waals surface area contributed by atoms with Gasteiger partial charge >= 0.3 is 0 Å². The lowest BCUT2D eigenvalue weighted by molar-refractivity contribution is -0.293. The van der Waals surface area contributed by atoms with Gasteiger partial charge in [-0.25, -0.2) is 0 Å². The quantitative estimate of drug-likeness (QED) is 0.672. The Kier molecular flexibility index (Phi) is 6.56. The predicted octanol–water partition coefficient (Wildman–Crippen LogP) is 4.77. The third-order valence-corrected chi connectivity index (χ3v) is 6.79. The zero-order valence-electron chi connectivity index (χ0n) is 17.0. The minimum atomic E-state index is -0.889. The second kappa shape index (κ2) is 7.94. The van der Waals surface area contributed by atoms with Crippen molar-refractivity contribution < 1.29 is 9.84 Å². The molecule has 2 fully saturated rings. The highest BCUT2D eigenvalue weighted by molar-refractivity contribution is 5.06. The number of ether oxygens (including phenoxy) is 1. The maximum Gasteiger partial charge on any atom is 0.140 e. The van der Waals surface area contributed by atoms with Crippen molar-refractivity contribution in [2.45, 2.75) is 90.2 Å². The fourth-order valence-corrected chi connectivity index (χ4v) is 4.93. The first-order valence-corrected chi connectivity index (χ1v) is 10.0. The number of hydrogen-bond donors (Lipinski definition) is 1. The summed E-state index contributed by atoms with van der Waals surface area (Å²) in [5.41, 5.74) is -0.904. The third kappa shape index (κ3) is 3.89. The van der Waals surface area contributed by atoms with Crippen LogP contribution in [0.25, 0.3) is 0 Å². The zero-order valence-corrected chi connectivity index (χ0v) is 17.0. The largest absolute Gasteiger partial charge is 0.385 e. The first-order chi connectivity index (χ1) is 11.7. The van der Waals surface area contributed by atoms with Crippen molar-refractivity contribution in [3.8, 4) is 0 Å². The normalized spacial score (nSPS) is 35.0. The Bertz CT molecular complexity index is 473. The molecule has 1 N–H and O–H groups in total. The molecule has 1 saturated carbocycles. The topological polar surface area (TPSA) is 32.7 Å². The maximum atomic E-state index is 11.7. The van der Waals surface area contributed by atoms with Gasteiger partial charge in [-0.1, -0.05) is 39.3 Å². The second-order valence-corrected chi connectivity index (χ2v) is 9.12. The smallest absolute Gasteiger partial charge is 0.140 e. The van der Waals surface area contributed by atoms with Gasteiger partial charge in [0.25, 0.3) is 0 Å². The van der Waals surface area contributed by atoms with Crippen molar-refractivity contribution in [1.29, 1.82) is 0 Å². The minimum Gasteiger partial charge on any atom is -0.385 e. The van der Waals surface area contributed by atoms with Crippen LogP contribution >= 0.6 is 0 Å². The Labute approximate surface area is 155 Å². The van der Waals surface area contributed by atoms with Gasteiger partial charge in [-0.3, -0.25) is 4.90 Å². The van der Waals surface area contributed by atoms with Gasteiger partial charge in [0.2, 0.25) is 0 Å². The number of aliphatic hydroxyl groups is 1. The van der Waals surface area contributed by atoms with Crippen LogP contribution in [0.1, 0.15) is 66.7 Å². The fourth-order valence-electron chi connectivity index (χ4n) is 4.93. The van der Waals surface area contributed by atoms with Gasteiger partial charge < -0.3 is 9.84 Å². The molecule has 1 aliphatic carbocycles. The number of fused-ring (bicyclic) bond motifs is 1. The van der Waals surface area contributed by atoms with E-state index in [2.05, 4.69) is 52.7 Å². The molecule has 144 valence electrons. The van der Waals surface area contributed by atoms with Gasteiger partial charge in [-0.2, -0.15) is 0 Å². The van der Waals surface area contributed by atoms with Gasteiger partial charge in [0.1, 0.15) is 11.8 Å². The zero-order chi connectivity index (χ0) is 18.8. The van der Waals surface area contributed by atoms with E-state index < -0.39 is 5.60 Å². The van der Waals surface area contributed by atoms with Crippen LogP contribution in [-0.2, 0) is 4.74 Å². The molecule has 2 aliphatic rings. The van der Waals surface area contributed by atoms with Crippen molar-refractivity contribution in [2.24, 2.45) is 17.8 Å². The predicted molar refractivity (Wildman–Crippen MR) is 105 cm³/mol. The molecule has 0 unspecified atom stereocenters. The summed E-state index contributed by atoms with van der Waals surface area (Å²) in [6.45, 7) is 19.7. The number of rotatable bonds is 7. The van der Waals surface area contributed by atoms with E-state index in [-0.39, 0.29) is 23.8 Å². The molecule has 0 aromatic carbocycles. The molecule has 2 rings (SSSR count). The van der Waals surface area contributed by atoms with Gasteiger partial charge in [0.05, 0.1) is 6.10 Å². The molecule has 25 heavy (non-hydrogen) atoms. The lowest BCUT2D eigenvalue weighted by Crippen LogP contribution is -2.71. The fraction of sp³-hybridized carbons (Fsp3) is 0.818. The highest BCUT2D eigenvalue weighted by atomic mass is 16.5. The molecular weight excluding hydrogens is 310 g/mol. The highest BCUT2D eigenvalue weighted by Crippen LogP contribution is 2.48. The van der Waals surface area contributed by atoms with E-state index in [0.29, 0.717) is 18.3 Å². The van der Waals surface area contributed by atoms with Crippen LogP contribution in [-0.4, -0.2) is 40.0 Å². The van der Waals surface area contributed by atoms with Crippen LogP contribution in [0, 0.1) is 17.8 Å². The van der Waals surface area contributed by atoms with Crippen LogP contribution in [0.5, 0.6) is 0 Å². The van der Waals surface area contributed by atoms with E-state index >= 15 is 0 Å². The van der Waals surface area contributed by atoms with Crippen molar-refractivity contribution >= 4 is 0 Å². The first-order valence-electron chi connectivity index (χ1n) is 10.0. The number of nitrogens with zero attached hydrogens (tertiary/aromatic N) is 1.